The zero-order chi connectivity index (χ0) is 11.3. The van der Waals surface area contributed by atoms with Gasteiger partial charge in [-0.15, -0.1) is 0 Å². The van der Waals surface area contributed by atoms with Crippen LogP contribution in [0.4, 0.5) is 14.5 Å². The van der Waals surface area contributed by atoms with E-state index in [-0.39, 0.29) is 11.4 Å². The van der Waals surface area contributed by atoms with Crippen molar-refractivity contribution in [3.05, 3.63) is 23.8 Å². The molecule has 0 heterocycles. The third-order valence-corrected chi connectivity index (χ3v) is 2.21. The fourth-order valence-corrected chi connectivity index (χ4v) is 1.28. The van der Waals surface area contributed by atoms with Crippen LogP contribution in [-0.2, 0) is 0 Å². The van der Waals surface area contributed by atoms with Gasteiger partial charge in [-0.1, -0.05) is 0 Å². The van der Waals surface area contributed by atoms with E-state index in [1.165, 1.54) is 7.11 Å². The minimum atomic E-state index is -0.577. The molecule has 0 radical (unpaired) electrons. The van der Waals surface area contributed by atoms with Crippen LogP contribution in [0.15, 0.2) is 12.1 Å². The lowest BCUT2D eigenvalue weighted by Crippen LogP contribution is -2.05. The molecule has 84 valence electrons. The molecule has 0 amide bonds. The molecule has 0 aliphatic carbocycles. The highest BCUT2D eigenvalue weighted by Gasteiger charge is 2.09. The first kappa shape index (κ1) is 12.1. The second kappa shape index (κ2) is 5.80. The summed E-state index contributed by atoms with van der Waals surface area (Å²) < 4.78 is 31.2. The van der Waals surface area contributed by atoms with Crippen LogP contribution in [0.25, 0.3) is 0 Å². The molecule has 0 spiro atoms. The molecule has 0 atom stereocenters. The van der Waals surface area contributed by atoms with Gasteiger partial charge in [0.05, 0.1) is 12.8 Å². The Kier molecular flexibility index (Phi) is 4.68. The second-order valence-electron chi connectivity index (χ2n) is 2.97. The first-order valence-electron chi connectivity index (χ1n) is 4.56. The number of nitrogens with one attached hydrogen (secondary N) is 1. The summed E-state index contributed by atoms with van der Waals surface area (Å²) in [5, 5.41) is 2.79. The summed E-state index contributed by atoms with van der Waals surface area (Å²) in [5.74, 6) is -0.486. The number of halogens is 2. The number of thiol groups is 1. The van der Waals surface area contributed by atoms with Gasteiger partial charge in [0.25, 0.3) is 0 Å². The van der Waals surface area contributed by atoms with E-state index in [1.54, 1.807) is 0 Å². The van der Waals surface area contributed by atoms with Crippen molar-refractivity contribution in [3.8, 4) is 5.75 Å². The summed E-state index contributed by atoms with van der Waals surface area (Å²) in [6.07, 6.45) is 0.788. The number of rotatable bonds is 5. The van der Waals surface area contributed by atoms with Crippen LogP contribution in [0, 0.1) is 11.6 Å². The molecular weight excluding hydrogens is 220 g/mol. The minimum Gasteiger partial charge on any atom is -0.494 e. The fraction of sp³-hybridized carbons (Fsp3) is 0.400. The van der Waals surface area contributed by atoms with Crippen molar-refractivity contribution in [3.63, 3.8) is 0 Å². The molecule has 2 nitrogen and oxygen atoms in total. The Bertz CT molecular complexity index is 333. The van der Waals surface area contributed by atoms with E-state index in [1.807, 2.05) is 0 Å². The SMILES string of the molecule is COc1cc(F)c(NCCCS)cc1F. The quantitative estimate of drug-likeness (QED) is 0.602. The highest BCUT2D eigenvalue weighted by Crippen LogP contribution is 2.24. The predicted molar refractivity (Wildman–Crippen MR) is 59.9 cm³/mol. The van der Waals surface area contributed by atoms with Gasteiger partial charge in [0.2, 0.25) is 0 Å². The number of benzene rings is 1. The van der Waals surface area contributed by atoms with Crippen molar-refractivity contribution < 1.29 is 13.5 Å². The van der Waals surface area contributed by atoms with Crippen molar-refractivity contribution in [2.24, 2.45) is 0 Å². The molecule has 1 aromatic carbocycles. The van der Waals surface area contributed by atoms with Gasteiger partial charge in [0.15, 0.2) is 11.6 Å². The van der Waals surface area contributed by atoms with Crippen molar-refractivity contribution in [1.82, 2.24) is 0 Å². The van der Waals surface area contributed by atoms with E-state index in [0.717, 1.165) is 18.6 Å². The maximum atomic E-state index is 13.3. The molecule has 0 fully saturated rings. The van der Waals surface area contributed by atoms with E-state index in [0.29, 0.717) is 12.3 Å². The number of anilines is 1. The van der Waals surface area contributed by atoms with Gasteiger partial charge >= 0.3 is 0 Å². The Morgan fingerprint density at radius 3 is 2.67 bits per heavy atom. The average Bonchev–Trinajstić information content (AvgIpc) is 2.23. The van der Waals surface area contributed by atoms with Crippen molar-refractivity contribution in [2.75, 3.05) is 24.7 Å². The second-order valence-corrected chi connectivity index (χ2v) is 3.42. The lowest BCUT2D eigenvalue weighted by atomic mass is 10.2. The molecule has 0 saturated carbocycles. The molecule has 1 N–H and O–H groups in total. The first-order valence-corrected chi connectivity index (χ1v) is 5.20. The van der Waals surface area contributed by atoms with Crippen LogP contribution in [-0.4, -0.2) is 19.4 Å². The van der Waals surface area contributed by atoms with Crippen LogP contribution in [0.2, 0.25) is 0 Å². The average molecular weight is 233 g/mol. The summed E-state index contributed by atoms with van der Waals surface area (Å²) in [6, 6.07) is 2.12. The third-order valence-electron chi connectivity index (χ3n) is 1.89. The van der Waals surface area contributed by atoms with Gasteiger partial charge in [-0.2, -0.15) is 12.6 Å². The lowest BCUT2D eigenvalue weighted by molar-refractivity contribution is 0.383. The van der Waals surface area contributed by atoms with E-state index < -0.39 is 11.6 Å². The van der Waals surface area contributed by atoms with Crippen LogP contribution < -0.4 is 10.1 Å². The molecule has 5 heteroatoms. The van der Waals surface area contributed by atoms with Crippen molar-refractivity contribution in [1.29, 1.82) is 0 Å². The van der Waals surface area contributed by atoms with Crippen LogP contribution >= 0.6 is 12.6 Å². The zero-order valence-electron chi connectivity index (χ0n) is 8.39. The zero-order valence-corrected chi connectivity index (χ0v) is 9.28. The molecule has 0 aliphatic heterocycles. The van der Waals surface area contributed by atoms with Gasteiger partial charge in [-0.3, -0.25) is 0 Å². The van der Waals surface area contributed by atoms with Crippen LogP contribution in [0.3, 0.4) is 0 Å². The van der Waals surface area contributed by atoms with Gasteiger partial charge in [0, 0.05) is 18.7 Å². The molecule has 0 aliphatic rings. The number of hydrogen-bond donors (Lipinski definition) is 2. The molecule has 1 rings (SSSR count). The number of hydrogen-bond acceptors (Lipinski definition) is 3. The predicted octanol–water partition coefficient (Wildman–Crippen LogP) is 2.71. The maximum absolute atomic E-state index is 13.3. The molecule has 15 heavy (non-hydrogen) atoms. The Morgan fingerprint density at radius 2 is 2.07 bits per heavy atom. The first-order chi connectivity index (χ1) is 7.19. The standard InChI is InChI=1S/C10H13F2NOS/c1-14-10-6-7(11)9(5-8(10)12)13-3-2-4-15/h5-6,13,15H,2-4H2,1H3. The highest BCUT2D eigenvalue weighted by atomic mass is 32.1. The van der Waals surface area contributed by atoms with Gasteiger partial charge in [-0.05, 0) is 12.2 Å². The minimum absolute atomic E-state index is 0.0905. The van der Waals surface area contributed by atoms with Gasteiger partial charge in [0.1, 0.15) is 5.82 Å². The summed E-state index contributed by atoms with van der Waals surface area (Å²) in [5.41, 5.74) is 0.148. The Labute approximate surface area is 93.0 Å². The normalized spacial score (nSPS) is 10.1. The monoisotopic (exact) mass is 233 g/mol. The molecule has 0 unspecified atom stereocenters. The summed E-state index contributed by atoms with van der Waals surface area (Å²) in [4.78, 5) is 0. The fourth-order valence-electron chi connectivity index (χ4n) is 1.12. The van der Waals surface area contributed by atoms with E-state index >= 15 is 0 Å². The largest absolute Gasteiger partial charge is 0.494 e. The maximum Gasteiger partial charge on any atom is 0.167 e. The van der Waals surface area contributed by atoms with Crippen molar-refractivity contribution in [2.45, 2.75) is 6.42 Å². The summed E-state index contributed by atoms with van der Waals surface area (Å²) in [6.45, 7) is 0.562. The Morgan fingerprint density at radius 1 is 1.33 bits per heavy atom. The molecule has 0 bridgehead atoms. The molecule has 1 aromatic rings. The van der Waals surface area contributed by atoms with E-state index in [4.69, 9.17) is 0 Å². The molecule has 0 aromatic heterocycles. The highest BCUT2D eigenvalue weighted by molar-refractivity contribution is 7.80. The molecule has 0 saturated heterocycles. The van der Waals surface area contributed by atoms with Crippen LogP contribution in [0.1, 0.15) is 6.42 Å². The lowest BCUT2D eigenvalue weighted by Gasteiger charge is -2.09. The Hall–Kier alpha value is -0.970. The smallest absolute Gasteiger partial charge is 0.167 e. The van der Waals surface area contributed by atoms with Crippen LogP contribution in [0.5, 0.6) is 5.75 Å². The summed E-state index contributed by atoms with van der Waals surface area (Å²) >= 11 is 4.02. The summed E-state index contributed by atoms with van der Waals surface area (Å²) in [7, 11) is 1.30. The third kappa shape index (κ3) is 3.27. The van der Waals surface area contributed by atoms with E-state index in [2.05, 4.69) is 22.7 Å². The Balaban J connectivity index is 2.76. The van der Waals surface area contributed by atoms with E-state index in [9.17, 15) is 8.78 Å². The molecular formula is C10H13F2NOS. The van der Waals surface area contributed by atoms with Crippen molar-refractivity contribution >= 4 is 18.3 Å². The number of methoxy groups -OCH3 is 1. The van der Waals surface area contributed by atoms with Gasteiger partial charge in [-0.25, -0.2) is 8.78 Å². The number of ether oxygens (including phenoxy) is 1. The van der Waals surface area contributed by atoms with Gasteiger partial charge < -0.3 is 10.1 Å². The topological polar surface area (TPSA) is 21.3 Å².